The summed E-state index contributed by atoms with van der Waals surface area (Å²) in [7, 11) is 1.87. The molecule has 0 aliphatic heterocycles. The minimum Gasteiger partial charge on any atom is -0.330 e. The number of nitrogens with zero attached hydrogens (tertiary/aromatic N) is 3. The largest absolute Gasteiger partial charge is 0.330 e. The molecule has 1 heterocycles. The number of carbonyl (C=O) groups excluding carboxylic acids is 1. The number of hydrogen-bond donors (Lipinski definition) is 2. The second kappa shape index (κ2) is 6.99. The lowest BCUT2D eigenvalue weighted by molar-refractivity contribution is -0.116. The second-order valence-corrected chi connectivity index (χ2v) is 5.24. The van der Waals surface area contributed by atoms with Crippen LogP contribution in [0.3, 0.4) is 0 Å². The van der Waals surface area contributed by atoms with E-state index < -0.39 is 0 Å². The summed E-state index contributed by atoms with van der Waals surface area (Å²) in [4.78, 5) is 12.0. The van der Waals surface area contributed by atoms with Crippen molar-refractivity contribution < 1.29 is 4.79 Å². The molecule has 2 aromatic rings. The van der Waals surface area contributed by atoms with Gasteiger partial charge < -0.3 is 15.6 Å². The van der Waals surface area contributed by atoms with E-state index in [4.69, 9.17) is 5.73 Å². The smallest absolute Gasteiger partial charge is 0.224 e. The van der Waals surface area contributed by atoms with Crippen molar-refractivity contribution in [1.82, 2.24) is 14.8 Å². The van der Waals surface area contributed by atoms with Gasteiger partial charge in [-0.1, -0.05) is 19.1 Å². The number of para-hydroxylation sites is 1. The fourth-order valence-corrected chi connectivity index (χ4v) is 2.02. The van der Waals surface area contributed by atoms with Crippen molar-refractivity contribution in [1.29, 1.82) is 0 Å². The maximum absolute atomic E-state index is 12.0. The van der Waals surface area contributed by atoms with Gasteiger partial charge in [-0.15, -0.1) is 10.2 Å². The average Bonchev–Trinajstić information content (AvgIpc) is 2.91. The third kappa shape index (κ3) is 3.88. The van der Waals surface area contributed by atoms with Crippen LogP contribution in [0.25, 0.3) is 11.4 Å². The first kappa shape index (κ1) is 15.2. The van der Waals surface area contributed by atoms with Crippen LogP contribution in [0.1, 0.15) is 19.8 Å². The van der Waals surface area contributed by atoms with E-state index in [0.29, 0.717) is 18.9 Å². The number of nitrogens with one attached hydrogen (secondary N) is 1. The maximum Gasteiger partial charge on any atom is 0.224 e. The molecule has 1 aromatic carbocycles. The highest BCUT2D eigenvalue weighted by molar-refractivity contribution is 5.94. The predicted octanol–water partition coefficient (Wildman–Crippen LogP) is 1.80. The second-order valence-electron chi connectivity index (χ2n) is 5.24. The molecule has 1 atom stereocenters. The van der Waals surface area contributed by atoms with Gasteiger partial charge in [-0.05, 0) is 31.0 Å². The summed E-state index contributed by atoms with van der Waals surface area (Å²) in [5.74, 6) is 1.07. The molecule has 0 saturated carbocycles. The third-order valence-electron chi connectivity index (χ3n) is 3.42. The topological polar surface area (TPSA) is 85.8 Å². The van der Waals surface area contributed by atoms with Crippen molar-refractivity contribution in [3.63, 3.8) is 0 Å². The zero-order valence-corrected chi connectivity index (χ0v) is 12.4. The Balaban J connectivity index is 2.11. The monoisotopic (exact) mass is 287 g/mol. The van der Waals surface area contributed by atoms with Crippen LogP contribution in [0.4, 0.5) is 5.69 Å². The number of aromatic nitrogens is 3. The summed E-state index contributed by atoms with van der Waals surface area (Å²) in [6.45, 7) is 2.64. The highest BCUT2D eigenvalue weighted by Crippen LogP contribution is 2.25. The quantitative estimate of drug-likeness (QED) is 0.848. The first-order valence-corrected chi connectivity index (χ1v) is 7.05. The third-order valence-corrected chi connectivity index (χ3v) is 3.42. The zero-order chi connectivity index (χ0) is 15.2. The fourth-order valence-electron chi connectivity index (χ4n) is 2.02. The molecular weight excluding hydrogens is 266 g/mol. The Kier molecular flexibility index (Phi) is 5.05. The normalized spacial score (nSPS) is 12.1. The minimum absolute atomic E-state index is 0.00933. The van der Waals surface area contributed by atoms with Crippen LogP contribution in [0.2, 0.25) is 0 Å². The van der Waals surface area contributed by atoms with Crippen LogP contribution in [-0.4, -0.2) is 27.2 Å². The summed E-state index contributed by atoms with van der Waals surface area (Å²) in [6.07, 6.45) is 2.89. The Morgan fingerprint density at radius 3 is 2.86 bits per heavy atom. The van der Waals surface area contributed by atoms with Crippen LogP contribution < -0.4 is 11.1 Å². The Bertz CT molecular complexity index is 608. The molecule has 2 rings (SSSR count). The van der Waals surface area contributed by atoms with Crippen molar-refractivity contribution in [2.45, 2.75) is 19.8 Å². The molecule has 1 amide bonds. The van der Waals surface area contributed by atoms with Gasteiger partial charge in [0.15, 0.2) is 5.82 Å². The summed E-state index contributed by atoms with van der Waals surface area (Å²) in [6, 6.07) is 7.59. The summed E-state index contributed by atoms with van der Waals surface area (Å²) >= 11 is 0. The van der Waals surface area contributed by atoms with E-state index in [0.717, 1.165) is 23.5 Å². The van der Waals surface area contributed by atoms with E-state index in [2.05, 4.69) is 15.5 Å². The summed E-state index contributed by atoms with van der Waals surface area (Å²) < 4.78 is 1.82. The van der Waals surface area contributed by atoms with Gasteiger partial charge in [0.05, 0.1) is 5.69 Å². The lowest BCUT2D eigenvalue weighted by Crippen LogP contribution is -2.16. The molecule has 21 heavy (non-hydrogen) atoms. The summed E-state index contributed by atoms with van der Waals surface area (Å²) in [5, 5.41) is 10.9. The number of amides is 1. The van der Waals surface area contributed by atoms with E-state index in [1.165, 1.54) is 0 Å². The Hall–Kier alpha value is -2.21. The van der Waals surface area contributed by atoms with Crippen LogP contribution in [0.5, 0.6) is 0 Å². The van der Waals surface area contributed by atoms with Gasteiger partial charge in [0, 0.05) is 19.0 Å². The first-order valence-electron chi connectivity index (χ1n) is 7.05. The minimum atomic E-state index is -0.00933. The number of nitrogens with two attached hydrogens (primary N) is 1. The average molecular weight is 287 g/mol. The lowest BCUT2D eigenvalue weighted by Gasteiger charge is -2.12. The molecule has 1 unspecified atom stereocenters. The molecule has 0 radical (unpaired) electrons. The van der Waals surface area contributed by atoms with Gasteiger partial charge in [-0.2, -0.15) is 0 Å². The molecule has 0 fully saturated rings. The van der Waals surface area contributed by atoms with Gasteiger partial charge in [0.1, 0.15) is 6.33 Å². The number of rotatable bonds is 6. The van der Waals surface area contributed by atoms with E-state index in [9.17, 15) is 4.79 Å². The Morgan fingerprint density at radius 2 is 2.19 bits per heavy atom. The molecule has 0 aliphatic rings. The number of hydrogen-bond acceptors (Lipinski definition) is 4. The molecule has 3 N–H and O–H groups in total. The highest BCUT2D eigenvalue weighted by atomic mass is 16.1. The standard InChI is InChI=1S/C15H21N5O/c1-11(9-16)7-8-14(21)18-13-6-4-3-5-12(13)15-19-17-10-20(15)2/h3-6,10-11H,7-9,16H2,1-2H3,(H,18,21). The van der Waals surface area contributed by atoms with Crippen LogP contribution in [0, 0.1) is 5.92 Å². The molecular formula is C15H21N5O. The number of anilines is 1. The van der Waals surface area contributed by atoms with Crippen molar-refractivity contribution in [2.24, 2.45) is 18.7 Å². The molecule has 6 nitrogen and oxygen atoms in total. The van der Waals surface area contributed by atoms with Crippen LogP contribution >= 0.6 is 0 Å². The molecule has 112 valence electrons. The van der Waals surface area contributed by atoms with Crippen molar-refractivity contribution in [3.8, 4) is 11.4 Å². The molecule has 0 bridgehead atoms. The Labute approximate surface area is 124 Å². The van der Waals surface area contributed by atoms with E-state index >= 15 is 0 Å². The zero-order valence-electron chi connectivity index (χ0n) is 12.4. The highest BCUT2D eigenvalue weighted by Gasteiger charge is 2.12. The molecule has 1 aromatic heterocycles. The van der Waals surface area contributed by atoms with Gasteiger partial charge in [0.2, 0.25) is 5.91 Å². The van der Waals surface area contributed by atoms with Gasteiger partial charge in [0.25, 0.3) is 0 Å². The van der Waals surface area contributed by atoms with Crippen molar-refractivity contribution in [2.75, 3.05) is 11.9 Å². The fraction of sp³-hybridized carbons (Fsp3) is 0.400. The SMILES string of the molecule is CC(CN)CCC(=O)Nc1ccccc1-c1nncn1C. The first-order chi connectivity index (χ1) is 10.1. The van der Waals surface area contributed by atoms with Crippen molar-refractivity contribution in [3.05, 3.63) is 30.6 Å². The van der Waals surface area contributed by atoms with E-state index in [1.807, 2.05) is 42.8 Å². The Morgan fingerprint density at radius 1 is 1.43 bits per heavy atom. The number of aryl methyl sites for hydroxylation is 1. The van der Waals surface area contributed by atoms with Crippen LogP contribution in [-0.2, 0) is 11.8 Å². The predicted molar refractivity (Wildman–Crippen MR) is 82.5 cm³/mol. The maximum atomic E-state index is 12.0. The molecule has 0 spiro atoms. The molecule has 0 aliphatic carbocycles. The van der Waals surface area contributed by atoms with Crippen LogP contribution in [0.15, 0.2) is 30.6 Å². The van der Waals surface area contributed by atoms with E-state index in [-0.39, 0.29) is 5.91 Å². The van der Waals surface area contributed by atoms with Crippen molar-refractivity contribution >= 4 is 11.6 Å². The van der Waals surface area contributed by atoms with Gasteiger partial charge >= 0.3 is 0 Å². The molecule has 6 heteroatoms. The summed E-state index contributed by atoms with van der Waals surface area (Å²) in [5.41, 5.74) is 7.17. The van der Waals surface area contributed by atoms with Gasteiger partial charge in [-0.3, -0.25) is 4.79 Å². The lowest BCUT2D eigenvalue weighted by atomic mass is 10.1. The number of benzene rings is 1. The van der Waals surface area contributed by atoms with Gasteiger partial charge in [-0.25, -0.2) is 0 Å². The molecule has 0 saturated heterocycles. The number of carbonyl (C=O) groups is 1. The van der Waals surface area contributed by atoms with E-state index in [1.54, 1.807) is 6.33 Å².